The summed E-state index contributed by atoms with van der Waals surface area (Å²) in [6.45, 7) is 5.15. The Balaban J connectivity index is 2.06. The number of ether oxygens (including phenoxy) is 1. The molecule has 0 saturated heterocycles. The second kappa shape index (κ2) is 8.62. The number of amides is 2. The molecule has 1 heterocycles. The molecule has 1 aliphatic rings. The smallest absolute Gasteiger partial charge is 0.291 e. The van der Waals surface area contributed by atoms with E-state index in [2.05, 4.69) is 17.6 Å². The summed E-state index contributed by atoms with van der Waals surface area (Å²) < 4.78 is 5.34. The fourth-order valence-electron chi connectivity index (χ4n) is 2.05. The molecule has 2 rings (SSSR count). The lowest BCUT2D eigenvalue weighted by Gasteiger charge is -2.15. The SMILES string of the molecule is CCCCNC(=O)c1ccc(C)c(NC(=O)C2=CSCCO2)c1. The molecule has 2 amide bonds. The maximum atomic E-state index is 12.2. The molecule has 0 radical (unpaired) electrons. The Bertz CT molecular complexity index is 614. The average molecular weight is 334 g/mol. The molecule has 5 nitrogen and oxygen atoms in total. The van der Waals surface area contributed by atoms with Crippen molar-refractivity contribution in [2.75, 3.05) is 24.2 Å². The summed E-state index contributed by atoms with van der Waals surface area (Å²) in [5.74, 6) is 0.753. The first-order chi connectivity index (χ1) is 11.1. The predicted octanol–water partition coefficient (Wildman–Crippen LogP) is 3.07. The van der Waals surface area contributed by atoms with Gasteiger partial charge in [-0.25, -0.2) is 0 Å². The third-order valence-corrected chi connectivity index (χ3v) is 4.22. The molecule has 0 saturated carbocycles. The Morgan fingerprint density at radius 3 is 2.83 bits per heavy atom. The third-order valence-electron chi connectivity index (χ3n) is 3.44. The fraction of sp³-hybridized carbons (Fsp3) is 0.412. The number of hydrogen-bond acceptors (Lipinski definition) is 4. The molecule has 1 aliphatic heterocycles. The van der Waals surface area contributed by atoms with E-state index in [1.807, 2.05) is 13.0 Å². The zero-order valence-electron chi connectivity index (χ0n) is 13.5. The molecular formula is C17H22N2O3S. The maximum absolute atomic E-state index is 12.2. The van der Waals surface area contributed by atoms with E-state index in [0.29, 0.717) is 30.2 Å². The Kier molecular flexibility index (Phi) is 6.52. The van der Waals surface area contributed by atoms with Gasteiger partial charge in [0, 0.05) is 29.0 Å². The zero-order valence-corrected chi connectivity index (χ0v) is 14.3. The number of rotatable bonds is 6. The van der Waals surface area contributed by atoms with Gasteiger partial charge in [-0.1, -0.05) is 19.4 Å². The number of nitrogens with one attached hydrogen (secondary N) is 2. The van der Waals surface area contributed by atoms with Crippen LogP contribution in [0, 0.1) is 6.92 Å². The highest BCUT2D eigenvalue weighted by Crippen LogP contribution is 2.20. The number of hydrogen-bond donors (Lipinski definition) is 2. The van der Waals surface area contributed by atoms with E-state index in [4.69, 9.17) is 4.74 Å². The summed E-state index contributed by atoms with van der Waals surface area (Å²) in [7, 11) is 0. The lowest BCUT2D eigenvalue weighted by molar-refractivity contribution is -0.116. The molecule has 1 aromatic carbocycles. The van der Waals surface area contributed by atoms with Crippen molar-refractivity contribution < 1.29 is 14.3 Å². The molecule has 0 unspecified atom stereocenters. The Morgan fingerprint density at radius 1 is 1.30 bits per heavy atom. The van der Waals surface area contributed by atoms with Gasteiger partial charge >= 0.3 is 0 Å². The van der Waals surface area contributed by atoms with Crippen molar-refractivity contribution in [1.29, 1.82) is 0 Å². The third kappa shape index (κ3) is 5.03. The maximum Gasteiger partial charge on any atom is 0.291 e. The predicted molar refractivity (Wildman–Crippen MR) is 93.5 cm³/mol. The fourth-order valence-corrected chi connectivity index (χ4v) is 2.67. The first-order valence-electron chi connectivity index (χ1n) is 7.76. The summed E-state index contributed by atoms with van der Waals surface area (Å²) in [5.41, 5.74) is 2.06. The van der Waals surface area contributed by atoms with E-state index in [9.17, 15) is 9.59 Å². The van der Waals surface area contributed by atoms with Crippen molar-refractivity contribution >= 4 is 29.3 Å². The van der Waals surface area contributed by atoms with Gasteiger partial charge in [0.25, 0.3) is 11.8 Å². The minimum absolute atomic E-state index is 0.127. The molecule has 23 heavy (non-hydrogen) atoms. The lowest BCUT2D eigenvalue weighted by Crippen LogP contribution is -2.25. The standard InChI is InChI=1S/C17H22N2O3S/c1-3-4-7-18-16(20)13-6-5-12(2)14(10-13)19-17(21)15-11-23-9-8-22-15/h5-6,10-11H,3-4,7-9H2,1-2H3,(H,18,20)(H,19,21). The average Bonchev–Trinajstić information content (AvgIpc) is 2.57. The van der Waals surface area contributed by atoms with Gasteiger partial charge in [-0.05, 0) is 31.0 Å². The molecule has 0 bridgehead atoms. The van der Waals surface area contributed by atoms with Crippen LogP contribution >= 0.6 is 11.8 Å². The summed E-state index contributed by atoms with van der Waals surface area (Å²) >= 11 is 1.55. The van der Waals surface area contributed by atoms with Crippen LogP contribution in [0.25, 0.3) is 0 Å². The summed E-state index contributed by atoms with van der Waals surface area (Å²) in [5, 5.41) is 7.41. The van der Waals surface area contributed by atoms with Gasteiger partial charge < -0.3 is 15.4 Å². The van der Waals surface area contributed by atoms with E-state index in [0.717, 1.165) is 24.2 Å². The van der Waals surface area contributed by atoms with Crippen molar-refractivity contribution in [2.24, 2.45) is 0 Å². The van der Waals surface area contributed by atoms with Crippen molar-refractivity contribution in [3.05, 3.63) is 40.5 Å². The number of benzene rings is 1. The summed E-state index contributed by atoms with van der Waals surface area (Å²) in [4.78, 5) is 24.3. The van der Waals surface area contributed by atoms with E-state index >= 15 is 0 Å². The molecule has 0 fully saturated rings. The minimum Gasteiger partial charge on any atom is -0.487 e. The van der Waals surface area contributed by atoms with E-state index in [1.165, 1.54) is 0 Å². The highest BCUT2D eigenvalue weighted by atomic mass is 32.2. The number of carbonyl (C=O) groups is 2. The van der Waals surface area contributed by atoms with Crippen LogP contribution in [0.1, 0.15) is 35.7 Å². The van der Waals surface area contributed by atoms with Gasteiger partial charge in [0.1, 0.15) is 0 Å². The van der Waals surface area contributed by atoms with Crippen LogP contribution in [-0.2, 0) is 9.53 Å². The molecule has 0 aromatic heterocycles. The highest BCUT2D eigenvalue weighted by Gasteiger charge is 2.16. The van der Waals surface area contributed by atoms with Gasteiger partial charge in [-0.3, -0.25) is 9.59 Å². The molecule has 0 aliphatic carbocycles. The Hall–Kier alpha value is -1.95. The minimum atomic E-state index is -0.288. The van der Waals surface area contributed by atoms with Crippen molar-refractivity contribution in [1.82, 2.24) is 5.32 Å². The zero-order chi connectivity index (χ0) is 16.7. The normalized spacial score (nSPS) is 13.7. The van der Waals surface area contributed by atoms with E-state index < -0.39 is 0 Å². The van der Waals surface area contributed by atoms with E-state index in [-0.39, 0.29) is 11.8 Å². The van der Waals surface area contributed by atoms with Crippen LogP contribution < -0.4 is 10.6 Å². The number of aryl methyl sites for hydroxylation is 1. The number of thioether (sulfide) groups is 1. The largest absolute Gasteiger partial charge is 0.487 e. The summed E-state index contributed by atoms with van der Waals surface area (Å²) in [6.07, 6.45) is 1.98. The van der Waals surface area contributed by atoms with Gasteiger partial charge in [0.15, 0.2) is 5.76 Å². The lowest BCUT2D eigenvalue weighted by atomic mass is 10.1. The number of unbranched alkanes of at least 4 members (excludes halogenated alkanes) is 1. The Labute approximate surface area is 140 Å². The van der Waals surface area contributed by atoms with Crippen LogP contribution in [0.15, 0.2) is 29.4 Å². The molecule has 0 atom stereocenters. The van der Waals surface area contributed by atoms with Crippen LogP contribution in [0.5, 0.6) is 0 Å². The molecule has 6 heteroatoms. The first kappa shape index (κ1) is 17.4. The van der Waals surface area contributed by atoms with Crippen LogP contribution in [0.4, 0.5) is 5.69 Å². The van der Waals surface area contributed by atoms with Gasteiger partial charge in [-0.15, -0.1) is 11.8 Å². The number of carbonyl (C=O) groups excluding carboxylic acids is 2. The monoisotopic (exact) mass is 334 g/mol. The molecule has 124 valence electrons. The highest BCUT2D eigenvalue weighted by molar-refractivity contribution is 8.02. The van der Waals surface area contributed by atoms with Gasteiger partial charge in [0.2, 0.25) is 0 Å². The topological polar surface area (TPSA) is 67.4 Å². The van der Waals surface area contributed by atoms with E-state index in [1.54, 1.807) is 29.3 Å². The van der Waals surface area contributed by atoms with Crippen LogP contribution in [-0.4, -0.2) is 30.7 Å². The number of anilines is 1. The molecule has 0 spiro atoms. The summed E-state index contributed by atoms with van der Waals surface area (Å²) in [6, 6.07) is 5.29. The molecule has 1 aromatic rings. The van der Waals surface area contributed by atoms with Crippen LogP contribution in [0.3, 0.4) is 0 Å². The Morgan fingerprint density at radius 2 is 2.13 bits per heavy atom. The van der Waals surface area contributed by atoms with Gasteiger partial charge in [0.05, 0.1) is 6.61 Å². The first-order valence-corrected chi connectivity index (χ1v) is 8.81. The second-order valence-corrected chi connectivity index (χ2v) is 6.27. The van der Waals surface area contributed by atoms with Gasteiger partial charge in [-0.2, -0.15) is 0 Å². The van der Waals surface area contributed by atoms with Crippen molar-refractivity contribution in [3.8, 4) is 0 Å². The van der Waals surface area contributed by atoms with Crippen LogP contribution in [0.2, 0.25) is 0 Å². The van der Waals surface area contributed by atoms with Crippen molar-refractivity contribution in [3.63, 3.8) is 0 Å². The quantitative estimate of drug-likeness (QED) is 0.785. The van der Waals surface area contributed by atoms with Crippen molar-refractivity contribution in [2.45, 2.75) is 26.7 Å². The molecular weight excluding hydrogens is 312 g/mol. The second-order valence-electron chi connectivity index (χ2n) is 5.29. The molecule has 2 N–H and O–H groups in total.